The summed E-state index contributed by atoms with van der Waals surface area (Å²) in [6.45, 7) is 7.35. The Kier molecular flexibility index (Phi) is 6.47. The first-order chi connectivity index (χ1) is 13.4. The molecule has 1 fully saturated rings. The van der Waals surface area contributed by atoms with E-state index < -0.39 is 0 Å². The molecule has 0 saturated carbocycles. The number of aryl methyl sites for hydroxylation is 2. The number of hydrogen-bond donors (Lipinski definition) is 1. The maximum absolute atomic E-state index is 13.1. The second kappa shape index (κ2) is 9.02. The van der Waals surface area contributed by atoms with Gasteiger partial charge in [-0.2, -0.15) is 0 Å². The lowest BCUT2D eigenvalue weighted by Crippen LogP contribution is -2.35. The third kappa shape index (κ3) is 4.98. The molecule has 5 nitrogen and oxygen atoms in total. The fraction of sp³-hybridized carbons (Fsp3) is 0.391. The predicted octanol–water partition coefficient (Wildman–Crippen LogP) is 3.26. The van der Waals surface area contributed by atoms with Crippen molar-refractivity contribution >= 4 is 17.5 Å². The maximum atomic E-state index is 13.1. The van der Waals surface area contributed by atoms with Crippen LogP contribution in [0.25, 0.3) is 0 Å². The molecule has 1 heterocycles. The van der Waals surface area contributed by atoms with Crippen molar-refractivity contribution in [3.05, 3.63) is 64.7 Å². The normalized spacial score (nSPS) is 15.2. The number of carbonyl (C=O) groups excluding carboxylic acids is 2. The summed E-state index contributed by atoms with van der Waals surface area (Å²) in [6.07, 6.45) is 1.26. The predicted molar refractivity (Wildman–Crippen MR) is 113 cm³/mol. The molecule has 2 aromatic rings. The highest BCUT2D eigenvalue weighted by molar-refractivity contribution is 6.04. The molecular formula is C23H29N3O2. The second-order valence-corrected chi connectivity index (χ2v) is 7.65. The monoisotopic (exact) mass is 379 g/mol. The van der Waals surface area contributed by atoms with E-state index in [9.17, 15) is 9.59 Å². The molecule has 0 radical (unpaired) electrons. The van der Waals surface area contributed by atoms with Gasteiger partial charge in [-0.25, -0.2) is 0 Å². The van der Waals surface area contributed by atoms with Crippen molar-refractivity contribution in [1.29, 1.82) is 0 Å². The topological polar surface area (TPSA) is 52.7 Å². The lowest BCUT2D eigenvalue weighted by molar-refractivity contribution is -0.115. The van der Waals surface area contributed by atoms with E-state index in [1.807, 2.05) is 49.1 Å². The first-order valence-corrected chi connectivity index (χ1v) is 9.87. The molecule has 148 valence electrons. The van der Waals surface area contributed by atoms with E-state index in [1.54, 1.807) is 12.1 Å². The standard InChI is InChI=1S/C23H29N3O2/c1-17-9-10-18(2)19(15-17)16-22(27)24-21-8-5-4-7-20(21)23(28)26-12-6-11-25(3)13-14-26/h4-5,7-10,15H,6,11-14,16H2,1-3H3,(H,24,27). The first kappa shape index (κ1) is 20.1. The van der Waals surface area contributed by atoms with Gasteiger partial charge in [0.2, 0.25) is 5.91 Å². The molecule has 3 rings (SSSR count). The summed E-state index contributed by atoms with van der Waals surface area (Å²) in [5.41, 5.74) is 4.38. The number of rotatable bonds is 4. The first-order valence-electron chi connectivity index (χ1n) is 9.87. The van der Waals surface area contributed by atoms with E-state index in [4.69, 9.17) is 0 Å². The highest BCUT2D eigenvalue weighted by Gasteiger charge is 2.21. The number of hydrogen-bond acceptors (Lipinski definition) is 3. The average molecular weight is 380 g/mol. The molecule has 0 unspecified atom stereocenters. The SMILES string of the molecule is Cc1ccc(C)c(CC(=O)Nc2ccccc2C(=O)N2CCCN(C)CC2)c1. The molecule has 0 aliphatic carbocycles. The molecule has 5 heteroatoms. The highest BCUT2D eigenvalue weighted by Crippen LogP contribution is 2.19. The minimum Gasteiger partial charge on any atom is -0.337 e. The van der Waals surface area contributed by atoms with E-state index >= 15 is 0 Å². The van der Waals surface area contributed by atoms with Crippen molar-refractivity contribution in [3.63, 3.8) is 0 Å². The van der Waals surface area contributed by atoms with Gasteiger partial charge in [-0.15, -0.1) is 0 Å². The van der Waals surface area contributed by atoms with Crippen LogP contribution in [0.1, 0.15) is 33.5 Å². The maximum Gasteiger partial charge on any atom is 0.256 e. The smallest absolute Gasteiger partial charge is 0.256 e. The van der Waals surface area contributed by atoms with Crippen molar-refractivity contribution < 1.29 is 9.59 Å². The quantitative estimate of drug-likeness (QED) is 0.887. The summed E-state index contributed by atoms with van der Waals surface area (Å²) in [7, 11) is 2.08. The van der Waals surface area contributed by atoms with Gasteiger partial charge >= 0.3 is 0 Å². The summed E-state index contributed by atoms with van der Waals surface area (Å²) in [5, 5.41) is 2.95. The minimum absolute atomic E-state index is 0.0158. The Balaban J connectivity index is 1.73. The molecule has 28 heavy (non-hydrogen) atoms. The van der Waals surface area contributed by atoms with Crippen LogP contribution in [-0.2, 0) is 11.2 Å². The van der Waals surface area contributed by atoms with Gasteiger partial charge in [-0.3, -0.25) is 9.59 Å². The molecule has 0 aromatic heterocycles. The van der Waals surface area contributed by atoms with Crippen molar-refractivity contribution in [2.45, 2.75) is 26.7 Å². The Hall–Kier alpha value is -2.66. The van der Waals surface area contributed by atoms with Gasteiger partial charge in [0.1, 0.15) is 0 Å². The van der Waals surface area contributed by atoms with E-state index in [0.29, 0.717) is 24.2 Å². The molecule has 0 atom stereocenters. The van der Waals surface area contributed by atoms with Gasteiger partial charge < -0.3 is 15.1 Å². The van der Waals surface area contributed by atoms with Gasteiger partial charge in [0.05, 0.1) is 17.7 Å². The molecule has 2 aromatic carbocycles. The third-order valence-corrected chi connectivity index (χ3v) is 5.29. The molecule has 1 saturated heterocycles. The summed E-state index contributed by atoms with van der Waals surface area (Å²) in [5.74, 6) is -0.123. The van der Waals surface area contributed by atoms with Crippen LogP contribution in [0, 0.1) is 13.8 Å². The lowest BCUT2D eigenvalue weighted by atomic mass is 10.0. The number of carbonyl (C=O) groups is 2. The van der Waals surface area contributed by atoms with Crippen LogP contribution < -0.4 is 5.32 Å². The molecule has 2 amide bonds. The van der Waals surface area contributed by atoms with Crippen molar-refractivity contribution in [2.24, 2.45) is 0 Å². The van der Waals surface area contributed by atoms with Gasteiger partial charge in [-0.05, 0) is 57.1 Å². The van der Waals surface area contributed by atoms with Gasteiger partial charge in [0.25, 0.3) is 5.91 Å². The second-order valence-electron chi connectivity index (χ2n) is 7.65. The van der Waals surface area contributed by atoms with Crippen LogP contribution in [-0.4, -0.2) is 54.8 Å². The van der Waals surface area contributed by atoms with Crippen LogP contribution in [0.5, 0.6) is 0 Å². The molecule has 0 spiro atoms. The van der Waals surface area contributed by atoms with E-state index in [0.717, 1.165) is 42.7 Å². The van der Waals surface area contributed by atoms with Crippen molar-refractivity contribution in [1.82, 2.24) is 9.80 Å². The Morgan fingerprint density at radius 3 is 2.61 bits per heavy atom. The fourth-order valence-corrected chi connectivity index (χ4v) is 3.56. The Morgan fingerprint density at radius 2 is 1.79 bits per heavy atom. The fourth-order valence-electron chi connectivity index (χ4n) is 3.56. The zero-order valence-electron chi connectivity index (χ0n) is 17.0. The van der Waals surface area contributed by atoms with E-state index in [1.165, 1.54) is 0 Å². The van der Waals surface area contributed by atoms with Crippen LogP contribution in [0.2, 0.25) is 0 Å². The number of nitrogens with one attached hydrogen (secondary N) is 1. The van der Waals surface area contributed by atoms with E-state index in [2.05, 4.69) is 17.3 Å². The van der Waals surface area contributed by atoms with Gasteiger partial charge in [0.15, 0.2) is 0 Å². The summed E-state index contributed by atoms with van der Waals surface area (Å²) < 4.78 is 0. The molecule has 1 aliphatic rings. The zero-order chi connectivity index (χ0) is 20.1. The van der Waals surface area contributed by atoms with Crippen LogP contribution in [0.4, 0.5) is 5.69 Å². The number of amides is 2. The van der Waals surface area contributed by atoms with Crippen LogP contribution in [0.15, 0.2) is 42.5 Å². The molecule has 1 aliphatic heterocycles. The van der Waals surface area contributed by atoms with Crippen LogP contribution in [0.3, 0.4) is 0 Å². The molecular weight excluding hydrogens is 350 g/mol. The Labute approximate surface area is 167 Å². The average Bonchev–Trinajstić information content (AvgIpc) is 2.89. The third-order valence-electron chi connectivity index (χ3n) is 5.29. The minimum atomic E-state index is -0.107. The molecule has 1 N–H and O–H groups in total. The highest BCUT2D eigenvalue weighted by atomic mass is 16.2. The largest absolute Gasteiger partial charge is 0.337 e. The summed E-state index contributed by atoms with van der Waals surface area (Å²) in [4.78, 5) is 29.9. The van der Waals surface area contributed by atoms with Crippen molar-refractivity contribution in [3.8, 4) is 0 Å². The van der Waals surface area contributed by atoms with E-state index in [-0.39, 0.29) is 11.8 Å². The molecule has 0 bridgehead atoms. The Morgan fingerprint density at radius 1 is 1.00 bits per heavy atom. The Bertz CT molecular complexity index is 863. The number of likely N-dealkylation sites (N-methyl/N-ethyl adjacent to an activating group) is 1. The zero-order valence-corrected chi connectivity index (χ0v) is 17.0. The van der Waals surface area contributed by atoms with Gasteiger partial charge in [0, 0.05) is 19.6 Å². The van der Waals surface area contributed by atoms with Gasteiger partial charge in [-0.1, -0.05) is 35.9 Å². The van der Waals surface area contributed by atoms with Crippen molar-refractivity contribution in [2.75, 3.05) is 38.5 Å². The van der Waals surface area contributed by atoms with Crippen LogP contribution >= 0.6 is 0 Å². The number of benzene rings is 2. The number of para-hydroxylation sites is 1. The summed E-state index contributed by atoms with van der Waals surface area (Å²) >= 11 is 0. The number of anilines is 1. The number of nitrogens with zero attached hydrogens (tertiary/aromatic N) is 2. The lowest BCUT2D eigenvalue weighted by Gasteiger charge is -2.22. The summed E-state index contributed by atoms with van der Waals surface area (Å²) in [6, 6.07) is 13.4.